The Hall–Kier alpha value is -5.98. The van der Waals surface area contributed by atoms with Crippen molar-refractivity contribution in [2.75, 3.05) is 0 Å². The Bertz CT molecular complexity index is 2780. The number of fused-ring (bicyclic) bond motifs is 8. The summed E-state index contributed by atoms with van der Waals surface area (Å²) >= 11 is 0. The van der Waals surface area contributed by atoms with Crippen LogP contribution in [0.1, 0.15) is 25.0 Å². The van der Waals surface area contributed by atoms with Crippen LogP contribution in [0.15, 0.2) is 170 Å². The van der Waals surface area contributed by atoms with Gasteiger partial charge in [-0.2, -0.15) is 0 Å². The lowest BCUT2D eigenvalue weighted by atomic mass is 9.79. The van der Waals surface area contributed by atoms with Gasteiger partial charge in [0.1, 0.15) is 0 Å². The number of benzene rings is 9. The molecule has 0 radical (unpaired) electrons. The summed E-state index contributed by atoms with van der Waals surface area (Å²) in [6, 6.07) is 63.2. The first kappa shape index (κ1) is 28.1. The molecule has 0 saturated heterocycles. The second-order valence-electron chi connectivity index (χ2n) is 14.1. The highest BCUT2D eigenvalue weighted by molar-refractivity contribution is 6.28. The summed E-state index contributed by atoms with van der Waals surface area (Å²) in [6.45, 7) is 4.78. The van der Waals surface area contributed by atoms with Gasteiger partial charge in [-0.3, -0.25) is 0 Å². The molecule has 0 amide bonds. The van der Waals surface area contributed by atoms with Gasteiger partial charge in [0.05, 0.1) is 0 Å². The Balaban J connectivity index is 1.25. The molecule has 0 bridgehead atoms. The van der Waals surface area contributed by atoms with E-state index in [-0.39, 0.29) is 5.41 Å². The van der Waals surface area contributed by atoms with Crippen LogP contribution < -0.4 is 0 Å². The van der Waals surface area contributed by atoms with Crippen LogP contribution in [0.5, 0.6) is 0 Å². The fraction of sp³-hybridized carbons (Fsp3) is 0.0612. The Labute approximate surface area is 286 Å². The monoisotopic (exact) mass is 622 g/mol. The van der Waals surface area contributed by atoms with E-state index in [1.54, 1.807) is 0 Å². The van der Waals surface area contributed by atoms with Crippen LogP contribution in [0.3, 0.4) is 0 Å². The number of hydrogen-bond donors (Lipinski definition) is 0. The van der Waals surface area contributed by atoms with E-state index in [0.717, 1.165) is 0 Å². The van der Waals surface area contributed by atoms with Crippen molar-refractivity contribution in [2.45, 2.75) is 19.3 Å². The van der Waals surface area contributed by atoms with Crippen molar-refractivity contribution in [1.29, 1.82) is 0 Å². The smallest absolute Gasteiger partial charge is 0.0159 e. The van der Waals surface area contributed by atoms with Gasteiger partial charge in [-0.05, 0) is 117 Å². The Morgan fingerprint density at radius 2 is 0.857 bits per heavy atom. The maximum atomic E-state index is 2.49. The van der Waals surface area contributed by atoms with E-state index >= 15 is 0 Å². The first-order chi connectivity index (χ1) is 24.1. The normalized spacial score (nSPS) is 13.3. The highest BCUT2D eigenvalue weighted by atomic mass is 14.4. The van der Waals surface area contributed by atoms with E-state index < -0.39 is 0 Å². The van der Waals surface area contributed by atoms with E-state index in [1.165, 1.54) is 98.7 Å². The van der Waals surface area contributed by atoms with E-state index in [2.05, 4.69) is 184 Å². The summed E-state index contributed by atoms with van der Waals surface area (Å²) in [7, 11) is 0. The maximum Gasteiger partial charge on any atom is 0.0159 e. The average Bonchev–Trinajstić information content (AvgIpc) is 3.38. The van der Waals surface area contributed by atoms with Crippen molar-refractivity contribution in [3.8, 4) is 44.5 Å². The first-order valence-electron chi connectivity index (χ1n) is 17.3. The number of rotatable bonds is 3. The highest BCUT2D eigenvalue weighted by Crippen LogP contribution is 2.52. The molecule has 1 aliphatic carbocycles. The molecule has 49 heavy (non-hydrogen) atoms. The van der Waals surface area contributed by atoms with Crippen molar-refractivity contribution in [3.63, 3.8) is 0 Å². The summed E-state index contributed by atoms with van der Waals surface area (Å²) < 4.78 is 0. The second-order valence-corrected chi connectivity index (χ2v) is 14.1. The summed E-state index contributed by atoms with van der Waals surface area (Å²) in [4.78, 5) is 0. The summed E-state index contributed by atoms with van der Waals surface area (Å²) in [5, 5.41) is 10.3. The van der Waals surface area contributed by atoms with E-state index in [9.17, 15) is 0 Å². The Kier molecular flexibility index (Phi) is 6.02. The molecule has 230 valence electrons. The lowest BCUT2D eigenvalue weighted by Crippen LogP contribution is -2.15. The standard InChI is InChI=1S/C49H34/c1-49(2)44-29-35(31-12-4-3-5-13-31)23-25-39(44)40-26-24-37(30-45(40)49)46-41-18-10-11-19-42(41)47(36-21-20-32-14-6-7-16-34(32)28-36)48-38-17-9-8-15-33(38)22-27-43(46)48/h3-30H,1-2H3. The van der Waals surface area contributed by atoms with Gasteiger partial charge >= 0.3 is 0 Å². The molecule has 0 spiro atoms. The topological polar surface area (TPSA) is 0 Å². The van der Waals surface area contributed by atoms with Gasteiger partial charge in [-0.1, -0.05) is 166 Å². The molecule has 1 aliphatic rings. The lowest BCUT2D eigenvalue weighted by molar-refractivity contribution is 0.661. The van der Waals surface area contributed by atoms with Crippen molar-refractivity contribution in [2.24, 2.45) is 0 Å². The molecule has 0 aliphatic heterocycles. The molecule has 0 N–H and O–H groups in total. The van der Waals surface area contributed by atoms with Crippen LogP contribution in [-0.2, 0) is 5.41 Å². The maximum absolute atomic E-state index is 2.49. The minimum absolute atomic E-state index is 0.130. The fourth-order valence-electron chi connectivity index (χ4n) is 8.61. The molecule has 0 fully saturated rings. The Morgan fingerprint density at radius 3 is 1.61 bits per heavy atom. The summed E-state index contributed by atoms with van der Waals surface area (Å²) in [5.74, 6) is 0. The predicted molar refractivity (Wildman–Crippen MR) is 210 cm³/mol. The fourth-order valence-corrected chi connectivity index (χ4v) is 8.61. The minimum atomic E-state index is -0.130. The Morgan fingerprint density at radius 1 is 0.327 bits per heavy atom. The molecule has 0 aromatic heterocycles. The summed E-state index contributed by atoms with van der Waals surface area (Å²) in [5.41, 5.74) is 13.0. The highest BCUT2D eigenvalue weighted by Gasteiger charge is 2.36. The van der Waals surface area contributed by atoms with Crippen LogP contribution in [0.25, 0.3) is 87.6 Å². The SMILES string of the molecule is CC1(C)c2cc(-c3ccccc3)ccc2-c2ccc(-c3c4ccccc4c(-c4ccc5ccccc5c4)c4c3ccc3ccccc34)cc21. The van der Waals surface area contributed by atoms with Gasteiger partial charge in [0.2, 0.25) is 0 Å². The van der Waals surface area contributed by atoms with Crippen molar-refractivity contribution < 1.29 is 0 Å². The van der Waals surface area contributed by atoms with Crippen LogP contribution in [0.2, 0.25) is 0 Å². The molecule has 0 heterocycles. The van der Waals surface area contributed by atoms with Crippen molar-refractivity contribution in [3.05, 3.63) is 181 Å². The number of hydrogen-bond acceptors (Lipinski definition) is 0. The van der Waals surface area contributed by atoms with E-state index in [0.29, 0.717) is 0 Å². The molecule has 10 rings (SSSR count). The summed E-state index contributed by atoms with van der Waals surface area (Å²) in [6.07, 6.45) is 0. The quantitative estimate of drug-likeness (QED) is 0.136. The first-order valence-corrected chi connectivity index (χ1v) is 17.3. The molecular weight excluding hydrogens is 589 g/mol. The van der Waals surface area contributed by atoms with Crippen LogP contribution in [0.4, 0.5) is 0 Å². The van der Waals surface area contributed by atoms with Gasteiger partial charge in [0.25, 0.3) is 0 Å². The molecule has 0 heteroatoms. The van der Waals surface area contributed by atoms with Crippen molar-refractivity contribution >= 4 is 43.1 Å². The average molecular weight is 623 g/mol. The van der Waals surface area contributed by atoms with E-state index in [1.807, 2.05) is 0 Å². The van der Waals surface area contributed by atoms with Gasteiger partial charge in [0, 0.05) is 5.41 Å². The third kappa shape index (κ3) is 4.17. The van der Waals surface area contributed by atoms with Gasteiger partial charge in [0.15, 0.2) is 0 Å². The van der Waals surface area contributed by atoms with Crippen LogP contribution in [-0.4, -0.2) is 0 Å². The van der Waals surface area contributed by atoms with E-state index in [4.69, 9.17) is 0 Å². The molecule has 9 aromatic rings. The molecule has 0 saturated carbocycles. The molecule has 9 aromatic carbocycles. The molecule has 0 unspecified atom stereocenters. The third-order valence-electron chi connectivity index (χ3n) is 11.0. The molecular formula is C49H34. The minimum Gasteiger partial charge on any atom is -0.0622 e. The molecule has 0 atom stereocenters. The zero-order valence-corrected chi connectivity index (χ0v) is 27.7. The van der Waals surface area contributed by atoms with Gasteiger partial charge in [-0.25, -0.2) is 0 Å². The zero-order valence-electron chi connectivity index (χ0n) is 27.7. The van der Waals surface area contributed by atoms with Gasteiger partial charge in [-0.15, -0.1) is 0 Å². The second kappa shape index (κ2) is 10.5. The third-order valence-corrected chi connectivity index (χ3v) is 11.0. The van der Waals surface area contributed by atoms with Crippen LogP contribution >= 0.6 is 0 Å². The zero-order chi connectivity index (χ0) is 32.7. The predicted octanol–water partition coefficient (Wildman–Crippen LogP) is 13.6. The molecule has 0 nitrogen and oxygen atoms in total. The lowest BCUT2D eigenvalue weighted by Gasteiger charge is -2.24. The van der Waals surface area contributed by atoms with Gasteiger partial charge < -0.3 is 0 Å². The van der Waals surface area contributed by atoms with Crippen LogP contribution in [0, 0.1) is 0 Å². The largest absolute Gasteiger partial charge is 0.0622 e. The van der Waals surface area contributed by atoms with Crippen molar-refractivity contribution in [1.82, 2.24) is 0 Å².